The predicted octanol–water partition coefficient (Wildman–Crippen LogP) is 5.43. The molecule has 1 heterocycles. The fourth-order valence-electron chi connectivity index (χ4n) is 3.36. The predicted molar refractivity (Wildman–Crippen MR) is 96.7 cm³/mol. The summed E-state index contributed by atoms with van der Waals surface area (Å²) < 4.78 is 3.59. The highest BCUT2D eigenvalue weighted by Gasteiger charge is 2.31. The summed E-state index contributed by atoms with van der Waals surface area (Å²) in [5.41, 5.74) is 2.34. The number of benzene rings is 1. The van der Waals surface area contributed by atoms with Crippen molar-refractivity contribution in [2.45, 2.75) is 43.9 Å². The Kier molecular flexibility index (Phi) is 5.18. The van der Waals surface area contributed by atoms with Crippen LogP contribution in [0.4, 0.5) is 0 Å². The normalized spacial score (nSPS) is 22.2. The molecule has 0 N–H and O–H groups in total. The fourth-order valence-corrected chi connectivity index (χ4v) is 5.12. The van der Waals surface area contributed by atoms with E-state index >= 15 is 0 Å². The Morgan fingerprint density at radius 3 is 3.05 bits per heavy atom. The van der Waals surface area contributed by atoms with E-state index in [4.69, 9.17) is 16.6 Å². The molecule has 2 nitrogen and oxygen atoms in total. The van der Waals surface area contributed by atoms with Gasteiger partial charge in [-0.2, -0.15) is 11.8 Å². The molecule has 2 unspecified atom stereocenters. The lowest BCUT2D eigenvalue weighted by molar-refractivity contribution is 0.522. The van der Waals surface area contributed by atoms with Crippen LogP contribution in [0.25, 0.3) is 11.0 Å². The summed E-state index contributed by atoms with van der Waals surface area (Å²) in [6, 6.07) is 6.93. The quantitative estimate of drug-likeness (QED) is 0.637. The van der Waals surface area contributed by atoms with Gasteiger partial charge in [0.05, 0.1) is 11.0 Å². The van der Waals surface area contributed by atoms with E-state index in [0.29, 0.717) is 17.2 Å². The van der Waals surface area contributed by atoms with Gasteiger partial charge in [0.2, 0.25) is 0 Å². The van der Waals surface area contributed by atoms with E-state index in [2.05, 4.69) is 57.4 Å². The van der Waals surface area contributed by atoms with Gasteiger partial charge in [0.25, 0.3) is 0 Å². The molecule has 0 bridgehead atoms. The number of hydrogen-bond acceptors (Lipinski definition) is 2. The van der Waals surface area contributed by atoms with E-state index in [9.17, 15) is 0 Å². The highest BCUT2D eigenvalue weighted by molar-refractivity contribution is 9.10. The number of halogens is 2. The van der Waals surface area contributed by atoms with Gasteiger partial charge in [-0.15, -0.1) is 11.6 Å². The van der Waals surface area contributed by atoms with Crippen molar-refractivity contribution in [1.82, 2.24) is 9.55 Å². The number of rotatable bonds is 5. The van der Waals surface area contributed by atoms with Crippen LogP contribution in [0.1, 0.15) is 38.1 Å². The van der Waals surface area contributed by atoms with Gasteiger partial charge >= 0.3 is 0 Å². The van der Waals surface area contributed by atoms with Gasteiger partial charge in [0.1, 0.15) is 5.82 Å². The summed E-state index contributed by atoms with van der Waals surface area (Å²) in [4.78, 5) is 4.83. The number of thioether (sulfide) groups is 1. The van der Waals surface area contributed by atoms with Gasteiger partial charge in [-0.1, -0.05) is 29.3 Å². The molecule has 114 valence electrons. The van der Waals surface area contributed by atoms with E-state index in [0.717, 1.165) is 22.2 Å². The minimum atomic E-state index is 0.562. The molecule has 1 aliphatic carbocycles. The third kappa shape index (κ3) is 3.13. The van der Waals surface area contributed by atoms with Crippen molar-refractivity contribution in [2.24, 2.45) is 0 Å². The number of aryl methyl sites for hydroxylation is 1. The van der Waals surface area contributed by atoms with Gasteiger partial charge in [-0.3, -0.25) is 0 Å². The van der Waals surface area contributed by atoms with Crippen LogP contribution in [-0.4, -0.2) is 26.4 Å². The van der Waals surface area contributed by atoms with Crippen molar-refractivity contribution in [1.29, 1.82) is 0 Å². The van der Waals surface area contributed by atoms with Crippen LogP contribution in [0, 0.1) is 0 Å². The van der Waals surface area contributed by atoms with Crippen molar-refractivity contribution < 1.29 is 0 Å². The minimum Gasteiger partial charge on any atom is -0.324 e. The average molecular weight is 388 g/mol. The molecule has 5 heteroatoms. The number of aromatic nitrogens is 2. The van der Waals surface area contributed by atoms with Gasteiger partial charge < -0.3 is 4.57 Å². The summed E-state index contributed by atoms with van der Waals surface area (Å²) in [5, 5.41) is 0.709. The Labute approximate surface area is 143 Å². The molecule has 0 amide bonds. The average Bonchev–Trinajstić information content (AvgIpc) is 3.03. The molecule has 0 saturated heterocycles. The second-order valence-electron chi connectivity index (χ2n) is 5.46. The van der Waals surface area contributed by atoms with Crippen molar-refractivity contribution in [3.8, 4) is 0 Å². The number of imidazole rings is 1. The van der Waals surface area contributed by atoms with Crippen LogP contribution >= 0.6 is 39.3 Å². The van der Waals surface area contributed by atoms with Gasteiger partial charge in [0.15, 0.2) is 0 Å². The first-order valence-electron chi connectivity index (χ1n) is 7.58. The maximum Gasteiger partial charge on any atom is 0.111 e. The van der Waals surface area contributed by atoms with Crippen molar-refractivity contribution in [3.05, 3.63) is 28.5 Å². The Balaban J connectivity index is 2.09. The largest absolute Gasteiger partial charge is 0.324 e. The molecule has 1 aliphatic rings. The molecule has 0 aliphatic heterocycles. The number of alkyl halides is 1. The molecule has 2 aromatic rings. The van der Waals surface area contributed by atoms with E-state index in [-0.39, 0.29) is 0 Å². The van der Waals surface area contributed by atoms with E-state index in [1.54, 1.807) is 0 Å². The Hall–Kier alpha value is -0.190. The van der Waals surface area contributed by atoms with Gasteiger partial charge in [0, 0.05) is 28.1 Å². The monoisotopic (exact) mass is 386 g/mol. The second kappa shape index (κ2) is 6.93. The molecule has 1 aromatic carbocycles. The van der Waals surface area contributed by atoms with E-state index in [1.807, 2.05) is 0 Å². The van der Waals surface area contributed by atoms with E-state index in [1.165, 1.54) is 30.5 Å². The van der Waals surface area contributed by atoms with Gasteiger partial charge in [-0.05, 0) is 36.8 Å². The molecule has 1 fully saturated rings. The first kappa shape index (κ1) is 15.7. The highest BCUT2D eigenvalue weighted by atomic mass is 79.9. The van der Waals surface area contributed by atoms with E-state index < -0.39 is 0 Å². The zero-order valence-electron chi connectivity index (χ0n) is 12.2. The minimum absolute atomic E-state index is 0.562. The van der Waals surface area contributed by atoms with Crippen LogP contribution in [0.5, 0.6) is 0 Å². The SMILES string of the molecule is CCSC1CCCC1n1c(CCCl)nc2ccc(Br)cc21. The molecule has 0 radical (unpaired) electrons. The number of nitrogens with zero attached hydrogens (tertiary/aromatic N) is 2. The third-order valence-corrected chi connectivity index (χ3v) is 6.17. The Morgan fingerprint density at radius 1 is 1.43 bits per heavy atom. The zero-order valence-corrected chi connectivity index (χ0v) is 15.3. The Morgan fingerprint density at radius 2 is 2.29 bits per heavy atom. The molecule has 0 spiro atoms. The standard InChI is InChI=1S/C16H20BrClN2S/c1-2-21-15-5-3-4-13(15)20-14-10-11(17)6-7-12(14)19-16(20)8-9-18/h6-7,10,13,15H,2-5,8-9H2,1H3. The maximum absolute atomic E-state index is 6.00. The molecular weight excluding hydrogens is 368 g/mol. The highest BCUT2D eigenvalue weighted by Crippen LogP contribution is 2.41. The smallest absolute Gasteiger partial charge is 0.111 e. The second-order valence-corrected chi connectivity index (χ2v) is 8.27. The van der Waals surface area contributed by atoms with Gasteiger partial charge in [-0.25, -0.2) is 4.98 Å². The summed E-state index contributed by atoms with van der Waals surface area (Å²) in [5.74, 6) is 2.96. The van der Waals surface area contributed by atoms with Crippen molar-refractivity contribution in [3.63, 3.8) is 0 Å². The first-order chi connectivity index (χ1) is 10.2. The summed E-state index contributed by atoms with van der Waals surface area (Å²) in [7, 11) is 0. The van der Waals surface area contributed by atoms with Crippen LogP contribution in [0.2, 0.25) is 0 Å². The molecule has 1 saturated carbocycles. The van der Waals surface area contributed by atoms with Crippen molar-refractivity contribution >= 4 is 50.3 Å². The summed E-state index contributed by atoms with van der Waals surface area (Å²) in [6.07, 6.45) is 4.73. The van der Waals surface area contributed by atoms with Crippen LogP contribution < -0.4 is 0 Å². The maximum atomic E-state index is 6.00. The lowest BCUT2D eigenvalue weighted by Crippen LogP contribution is -2.19. The topological polar surface area (TPSA) is 17.8 Å². The third-order valence-electron chi connectivity index (χ3n) is 4.17. The zero-order chi connectivity index (χ0) is 14.8. The Bertz CT molecular complexity index is 628. The fraction of sp³-hybridized carbons (Fsp3) is 0.562. The first-order valence-corrected chi connectivity index (χ1v) is 9.96. The molecule has 3 rings (SSSR count). The molecular formula is C16H20BrClN2S. The number of hydrogen-bond donors (Lipinski definition) is 0. The van der Waals surface area contributed by atoms with Crippen LogP contribution in [0.3, 0.4) is 0 Å². The molecule has 2 atom stereocenters. The summed E-state index contributed by atoms with van der Waals surface area (Å²) in [6.45, 7) is 2.25. The van der Waals surface area contributed by atoms with Crippen LogP contribution in [0.15, 0.2) is 22.7 Å². The lowest BCUT2D eigenvalue weighted by Gasteiger charge is -2.23. The number of fused-ring (bicyclic) bond motifs is 1. The lowest BCUT2D eigenvalue weighted by atomic mass is 10.2. The van der Waals surface area contributed by atoms with Crippen LogP contribution in [-0.2, 0) is 6.42 Å². The van der Waals surface area contributed by atoms with Crippen molar-refractivity contribution in [2.75, 3.05) is 11.6 Å². The molecule has 1 aromatic heterocycles. The summed E-state index contributed by atoms with van der Waals surface area (Å²) >= 11 is 11.7. The molecule has 21 heavy (non-hydrogen) atoms.